The molecule has 2 aromatic rings. The fraction of sp³-hybridized carbons (Fsp3) is 0.200. The molecule has 0 saturated carbocycles. The van der Waals surface area contributed by atoms with Gasteiger partial charge < -0.3 is 10.2 Å². The Morgan fingerprint density at radius 2 is 1.63 bits per heavy atom. The Hall–Kier alpha value is -2.20. The molecule has 4 nitrogen and oxygen atoms in total. The Balaban J connectivity index is 2.32. The number of aromatic hydroxyl groups is 1. The van der Waals surface area contributed by atoms with Crippen LogP contribution in [0.1, 0.15) is 16.7 Å². The number of aliphatic hydroxyl groups excluding tert-OH is 1. The Bertz CT molecular complexity index is 604. The van der Waals surface area contributed by atoms with E-state index >= 15 is 0 Å². The van der Waals surface area contributed by atoms with Crippen molar-refractivity contribution in [2.75, 3.05) is 0 Å². The van der Waals surface area contributed by atoms with Gasteiger partial charge in [-0.2, -0.15) is 5.11 Å². The summed E-state index contributed by atoms with van der Waals surface area (Å²) in [6.45, 7) is 3.66. The predicted octanol–water partition coefficient (Wildman–Crippen LogP) is 3.92. The zero-order valence-corrected chi connectivity index (χ0v) is 11.0. The molecule has 0 bridgehead atoms. The van der Waals surface area contributed by atoms with Crippen LogP contribution in [-0.4, -0.2) is 10.2 Å². The SMILES string of the molecule is Cc1ccc(/N=N/c2cc(C)cc(CO)c2O)cc1. The third-order valence-electron chi connectivity index (χ3n) is 2.79. The number of benzene rings is 2. The van der Waals surface area contributed by atoms with Crippen molar-refractivity contribution in [1.82, 2.24) is 0 Å². The van der Waals surface area contributed by atoms with Crippen molar-refractivity contribution in [3.63, 3.8) is 0 Å². The van der Waals surface area contributed by atoms with E-state index in [-0.39, 0.29) is 12.4 Å². The number of rotatable bonds is 3. The van der Waals surface area contributed by atoms with E-state index in [1.807, 2.05) is 38.1 Å². The lowest BCUT2D eigenvalue weighted by atomic mass is 10.1. The van der Waals surface area contributed by atoms with E-state index in [9.17, 15) is 5.11 Å². The molecule has 0 aromatic heterocycles. The first-order valence-electron chi connectivity index (χ1n) is 6.02. The van der Waals surface area contributed by atoms with Gasteiger partial charge in [-0.3, -0.25) is 0 Å². The maximum atomic E-state index is 9.92. The smallest absolute Gasteiger partial charge is 0.148 e. The van der Waals surface area contributed by atoms with Crippen molar-refractivity contribution in [1.29, 1.82) is 0 Å². The van der Waals surface area contributed by atoms with Crippen LogP contribution in [0.5, 0.6) is 5.75 Å². The largest absolute Gasteiger partial charge is 0.505 e. The minimum atomic E-state index is -0.222. The topological polar surface area (TPSA) is 65.2 Å². The molecule has 0 amide bonds. The van der Waals surface area contributed by atoms with Crippen LogP contribution in [0.15, 0.2) is 46.6 Å². The van der Waals surface area contributed by atoms with Crippen LogP contribution >= 0.6 is 0 Å². The third kappa shape index (κ3) is 3.17. The number of aliphatic hydroxyl groups is 1. The molecule has 0 radical (unpaired) electrons. The van der Waals surface area contributed by atoms with E-state index in [1.54, 1.807) is 12.1 Å². The highest BCUT2D eigenvalue weighted by Gasteiger charge is 2.07. The summed E-state index contributed by atoms with van der Waals surface area (Å²) in [6.07, 6.45) is 0. The number of aryl methyl sites for hydroxylation is 2. The molecule has 0 aliphatic heterocycles. The number of nitrogens with zero attached hydrogens (tertiary/aromatic N) is 2. The van der Waals surface area contributed by atoms with Crippen LogP contribution in [0, 0.1) is 13.8 Å². The molecule has 2 rings (SSSR count). The predicted molar refractivity (Wildman–Crippen MR) is 74.1 cm³/mol. The Morgan fingerprint density at radius 1 is 0.947 bits per heavy atom. The van der Waals surface area contributed by atoms with Crippen molar-refractivity contribution in [3.05, 3.63) is 53.1 Å². The fourth-order valence-corrected chi connectivity index (χ4v) is 1.75. The van der Waals surface area contributed by atoms with Crippen molar-refractivity contribution in [2.45, 2.75) is 20.5 Å². The second-order valence-electron chi connectivity index (χ2n) is 4.49. The summed E-state index contributed by atoms with van der Waals surface area (Å²) in [6, 6.07) is 11.1. The highest BCUT2D eigenvalue weighted by Crippen LogP contribution is 2.33. The van der Waals surface area contributed by atoms with Gasteiger partial charge >= 0.3 is 0 Å². The Labute approximate surface area is 112 Å². The average Bonchev–Trinajstić information content (AvgIpc) is 2.41. The molecule has 0 spiro atoms. The number of hydrogen-bond acceptors (Lipinski definition) is 4. The monoisotopic (exact) mass is 256 g/mol. The van der Waals surface area contributed by atoms with Gasteiger partial charge in [-0.25, -0.2) is 0 Å². The summed E-state index contributed by atoms with van der Waals surface area (Å²) in [7, 11) is 0. The maximum Gasteiger partial charge on any atom is 0.148 e. The molecule has 0 heterocycles. The Kier molecular flexibility index (Phi) is 3.92. The Morgan fingerprint density at radius 3 is 2.26 bits per heavy atom. The number of hydrogen-bond donors (Lipinski definition) is 2. The molecular formula is C15H16N2O2. The first kappa shape index (κ1) is 13.2. The van der Waals surface area contributed by atoms with Crippen LogP contribution in [0.3, 0.4) is 0 Å². The van der Waals surface area contributed by atoms with E-state index in [4.69, 9.17) is 5.11 Å². The number of phenols is 1. The minimum Gasteiger partial charge on any atom is -0.505 e. The van der Waals surface area contributed by atoms with Crippen molar-refractivity contribution in [3.8, 4) is 5.75 Å². The number of azo groups is 1. The molecule has 0 unspecified atom stereocenters. The molecule has 0 aliphatic rings. The lowest BCUT2D eigenvalue weighted by Crippen LogP contribution is -1.86. The van der Waals surface area contributed by atoms with Gasteiger partial charge in [0.2, 0.25) is 0 Å². The summed E-state index contributed by atoms with van der Waals surface area (Å²) in [4.78, 5) is 0. The lowest BCUT2D eigenvalue weighted by Gasteiger charge is -2.05. The van der Waals surface area contributed by atoms with Crippen LogP contribution in [0.2, 0.25) is 0 Å². The molecule has 2 aromatic carbocycles. The van der Waals surface area contributed by atoms with E-state index < -0.39 is 0 Å². The van der Waals surface area contributed by atoms with Gasteiger partial charge in [-0.1, -0.05) is 17.7 Å². The normalized spacial score (nSPS) is 11.1. The minimum absolute atomic E-state index is 0.0241. The molecule has 0 saturated heterocycles. The van der Waals surface area contributed by atoms with Crippen LogP contribution < -0.4 is 0 Å². The molecule has 0 aliphatic carbocycles. The summed E-state index contributed by atoms with van der Waals surface area (Å²) in [5, 5.41) is 27.2. The summed E-state index contributed by atoms with van der Waals surface area (Å²) >= 11 is 0. The molecule has 98 valence electrons. The van der Waals surface area contributed by atoms with Crippen LogP contribution in [-0.2, 0) is 6.61 Å². The zero-order valence-electron chi connectivity index (χ0n) is 11.0. The lowest BCUT2D eigenvalue weighted by molar-refractivity contribution is 0.275. The highest BCUT2D eigenvalue weighted by atomic mass is 16.3. The molecule has 0 atom stereocenters. The van der Waals surface area contributed by atoms with E-state index in [1.165, 1.54) is 0 Å². The first-order valence-corrected chi connectivity index (χ1v) is 6.02. The summed E-state index contributed by atoms with van der Waals surface area (Å²) in [5.41, 5.74) is 3.61. The standard InChI is InChI=1S/C15H16N2O2/c1-10-3-5-13(6-4-10)16-17-14-8-11(2)7-12(9-18)15(14)19/h3-8,18-19H,9H2,1-2H3/b17-16+. The van der Waals surface area contributed by atoms with E-state index in [0.29, 0.717) is 11.3 Å². The molecule has 2 N–H and O–H groups in total. The molecular weight excluding hydrogens is 240 g/mol. The van der Waals surface area contributed by atoms with Gasteiger partial charge in [0.05, 0.1) is 12.3 Å². The highest BCUT2D eigenvalue weighted by molar-refractivity contribution is 5.57. The van der Waals surface area contributed by atoms with Crippen molar-refractivity contribution in [2.24, 2.45) is 10.2 Å². The molecule has 19 heavy (non-hydrogen) atoms. The van der Waals surface area contributed by atoms with Crippen LogP contribution in [0.25, 0.3) is 0 Å². The van der Waals surface area contributed by atoms with Gasteiger partial charge in [-0.05, 0) is 43.7 Å². The van der Waals surface area contributed by atoms with Gasteiger partial charge in [0.15, 0.2) is 0 Å². The second-order valence-corrected chi connectivity index (χ2v) is 4.49. The quantitative estimate of drug-likeness (QED) is 0.817. The average molecular weight is 256 g/mol. The third-order valence-corrected chi connectivity index (χ3v) is 2.79. The van der Waals surface area contributed by atoms with Gasteiger partial charge in [-0.15, -0.1) is 5.11 Å². The van der Waals surface area contributed by atoms with Crippen LogP contribution in [0.4, 0.5) is 11.4 Å². The van der Waals surface area contributed by atoms with Crippen molar-refractivity contribution >= 4 is 11.4 Å². The van der Waals surface area contributed by atoms with Gasteiger partial charge in [0, 0.05) is 5.56 Å². The molecule has 0 fully saturated rings. The maximum absolute atomic E-state index is 9.92. The van der Waals surface area contributed by atoms with Gasteiger partial charge in [0.25, 0.3) is 0 Å². The summed E-state index contributed by atoms with van der Waals surface area (Å²) in [5.74, 6) is -0.0241. The second kappa shape index (κ2) is 5.63. The van der Waals surface area contributed by atoms with Crippen molar-refractivity contribution < 1.29 is 10.2 Å². The molecule has 4 heteroatoms. The van der Waals surface area contributed by atoms with Gasteiger partial charge in [0.1, 0.15) is 11.4 Å². The summed E-state index contributed by atoms with van der Waals surface area (Å²) < 4.78 is 0. The zero-order chi connectivity index (χ0) is 13.8. The fourth-order valence-electron chi connectivity index (χ4n) is 1.75. The van der Waals surface area contributed by atoms with E-state index in [0.717, 1.165) is 16.8 Å². The van der Waals surface area contributed by atoms with E-state index in [2.05, 4.69) is 10.2 Å². The first-order chi connectivity index (χ1) is 9.10.